The maximum absolute atomic E-state index is 12.4. The molecule has 0 bridgehead atoms. The molecule has 1 atom stereocenters. The van der Waals surface area contributed by atoms with Crippen molar-refractivity contribution in [2.24, 2.45) is 0 Å². The van der Waals surface area contributed by atoms with Crippen molar-refractivity contribution in [3.8, 4) is 11.1 Å². The van der Waals surface area contributed by atoms with E-state index in [-0.39, 0.29) is 12.5 Å². The maximum Gasteiger partial charge on any atom is 0.407 e. The third-order valence-corrected chi connectivity index (χ3v) is 5.74. The number of ether oxygens (including phenoxy) is 1. The van der Waals surface area contributed by atoms with Gasteiger partial charge in [-0.3, -0.25) is 0 Å². The van der Waals surface area contributed by atoms with Gasteiger partial charge >= 0.3 is 12.1 Å². The fourth-order valence-electron chi connectivity index (χ4n) is 4.22. The van der Waals surface area contributed by atoms with E-state index in [2.05, 4.69) is 17.4 Å². The van der Waals surface area contributed by atoms with Gasteiger partial charge in [-0.05, 0) is 47.6 Å². The smallest absolute Gasteiger partial charge is 0.407 e. The summed E-state index contributed by atoms with van der Waals surface area (Å²) in [5, 5.41) is 12.0. The van der Waals surface area contributed by atoms with Crippen LogP contribution in [0.25, 0.3) is 11.1 Å². The van der Waals surface area contributed by atoms with Gasteiger partial charge in [0.05, 0.1) is 0 Å². The monoisotopic (exact) mass is 415 g/mol. The van der Waals surface area contributed by atoms with Crippen molar-refractivity contribution >= 4 is 12.1 Å². The zero-order chi connectivity index (χ0) is 21.8. The normalized spacial score (nSPS) is 13.2. The second kappa shape index (κ2) is 9.04. The van der Waals surface area contributed by atoms with Gasteiger partial charge in [-0.15, -0.1) is 0 Å². The Balaban J connectivity index is 1.38. The second-order valence-corrected chi connectivity index (χ2v) is 7.89. The van der Waals surface area contributed by atoms with Crippen molar-refractivity contribution in [3.63, 3.8) is 0 Å². The molecule has 2 N–H and O–H groups in total. The van der Waals surface area contributed by atoms with E-state index < -0.39 is 18.1 Å². The molecule has 1 aliphatic carbocycles. The van der Waals surface area contributed by atoms with Crippen molar-refractivity contribution in [1.82, 2.24) is 5.32 Å². The number of carbonyl (C=O) groups is 2. The molecule has 3 aromatic rings. The largest absolute Gasteiger partial charge is 0.480 e. The molecule has 0 saturated heterocycles. The Bertz CT molecular complexity index is 1060. The first-order valence-electron chi connectivity index (χ1n) is 10.4. The van der Waals surface area contributed by atoms with Crippen LogP contribution < -0.4 is 5.32 Å². The van der Waals surface area contributed by atoms with E-state index in [1.54, 1.807) is 0 Å². The van der Waals surface area contributed by atoms with Gasteiger partial charge in [-0.1, -0.05) is 78.4 Å². The molecule has 1 unspecified atom stereocenters. The summed E-state index contributed by atoms with van der Waals surface area (Å²) in [6.45, 7) is 2.15. The quantitative estimate of drug-likeness (QED) is 0.574. The summed E-state index contributed by atoms with van der Waals surface area (Å²) in [6.07, 6.45) is 0.143. The Kier molecular flexibility index (Phi) is 6.03. The molecule has 0 radical (unpaired) electrons. The van der Waals surface area contributed by atoms with Gasteiger partial charge < -0.3 is 15.2 Å². The predicted octanol–water partition coefficient (Wildman–Crippen LogP) is 4.92. The van der Waals surface area contributed by atoms with Crippen LogP contribution in [0.5, 0.6) is 0 Å². The minimum Gasteiger partial charge on any atom is -0.480 e. The second-order valence-electron chi connectivity index (χ2n) is 7.89. The van der Waals surface area contributed by atoms with Crippen molar-refractivity contribution in [2.75, 3.05) is 6.61 Å². The Hall–Kier alpha value is -3.60. The molecule has 158 valence electrons. The highest BCUT2D eigenvalue weighted by Gasteiger charge is 2.29. The first kappa shape index (κ1) is 20.7. The molecule has 5 nitrogen and oxygen atoms in total. The molecule has 4 rings (SSSR count). The van der Waals surface area contributed by atoms with Crippen LogP contribution in [-0.4, -0.2) is 29.8 Å². The SMILES string of the molecule is Cc1cccc(CCC(NC(=O)OCC2c3ccccc3-c3ccccc32)C(=O)O)c1. The van der Waals surface area contributed by atoms with Crippen LogP contribution >= 0.6 is 0 Å². The number of aryl methyl sites for hydroxylation is 2. The van der Waals surface area contributed by atoms with E-state index in [9.17, 15) is 14.7 Å². The Morgan fingerprint density at radius 3 is 2.23 bits per heavy atom. The van der Waals surface area contributed by atoms with Gasteiger partial charge in [0.2, 0.25) is 0 Å². The molecule has 0 heterocycles. The zero-order valence-electron chi connectivity index (χ0n) is 17.4. The number of aliphatic carboxylic acids is 1. The Labute approximate surface area is 181 Å². The molecule has 1 amide bonds. The van der Waals surface area contributed by atoms with E-state index in [0.29, 0.717) is 12.8 Å². The van der Waals surface area contributed by atoms with E-state index in [0.717, 1.165) is 33.4 Å². The molecule has 3 aromatic carbocycles. The number of benzene rings is 3. The molecular weight excluding hydrogens is 390 g/mol. The van der Waals surface area contributed by atoms with Crippen molar-refractivity contribution < 1.29 is 19.4 Å². The molecule has 1 aliphatic rings. The summed E-state index contributed by atoms with van der Waals surface area (Å²) in [6, 6.07) is 23.1. The molecule has 31 heavy (non-hydrogen) atoms. The number of hydrogen-bond donors (Lipinski definition) is 2. The fourth-order valence-corrected chi connectivity index (χ4v) is 4.22. The highest BCUT2D eigenvalue weighted by molar-refractivity contribution is 5.81. The van der Waals surface area contributed by atoms with Crippen LogP contribution in [0.15, 0.2) is 72.8 Å². The summed E-state index contributed by atoms with van der Waals surface area (Å²) in [7, 11) is 0. The lowest BCUT2D eigenvalue weighted by Gasteiger charge is -2.17. The number of carboxylic acid groups (broad SMARTS) is 1. The van der Waals surface area contributed by atoms with Crippen LogP contribution in [-0.2, 0) is 16.0 Å². The number of alkyl carbamates (subject to hydrolysis) is 1. The summed E-state index contributed by atoms with van der Waals surface area (Å²) in [5.74, 6) is -1.13. The molecule has 0 saturated carbocycles. The van der Waals surface area contributed by atoms with Crippen LogP contribution in [0.2, 0.25) is 0 Å². The summed E-state index contributed by atoms with van der Waals surface area (Å²) in [4.78, 5) is 24.0. The predicted molar refractivity (Wildman–Crippen MR) is 119 cm³/mol. The number of hydrogen-bond acceptors (Lipinski definition) is 3. The average Bonchev–Trinajstić information content (AvgIpc) is 3.09. The maximum atomic E-state index is 12.4. The van der Waals surface area contributed by atoms with Gasteiger partial charge in [0.25, 0.3) is 0 Å². The number of amides is 1. The minimum absolute atomic E-state index is 0.0614. The van der Waals surface area contributed by atoms with Crippen molar-refractivity contribution in [1.29, 1.82) is 0 Å². The minimum atomic E-state index is -1.07. The molecule has 0 aromatic heterocycles. The van der Waals surface area contributed by atoms with Gasteiger partial charge in [0, 0.05) is 5.92 Å². The first-order chi connectivity index (χ1) is 15.0. The number of carboxylic acids is 1. The topological polar surface area (TPSA) is 75.6 Å². The highest BCUT2D eigenvalue weighted by atomic mass is 16.5. The lowest BCUT2D eigenvalue weighted by molar-refractivity contribution is -0.139. The molecule has 0 spiro atoms. The van der Waals surface area contributed by atoms with Crippen molar-refractivity contribution in [2.45, 2.75) is 31.7 Å². The molecule has 0 aliphatic heterocycles. The van der Waals surface area contributed by atoms with Gasteiger partial charge in [0.1, 0.15) is 12.6 Å². The number of rotatable bonds is 7. The Morgan fingerprint density at radius 1 is 0.968 bits per heavy atom. The van der Waals surface area contributed by atoms with E-state index in [1.807, 2.05) is 67.6 Å². The van der Waals surface area contributed by atoms with Gasteiger partial charge in [0.15, 0.2) is 0 Å². The average molecular weight is 415 g/mol. The molecule has 0 fully saturated rings. The van der Waals surface area contributed by atoms with Crippen LogP contribution in [0.3, 0.4) is 0 Å². The fraction of sp³-hybridized carbons (Fsp3) is 0.231. The summed E-state index contributed by atoms with van der Waals surface area (Å²) < 4.78 is 5.48. The molecule has 5 heteroatoms. The third-order valence-electron chi connectivity index (χ3n) is 5.74. The van der Waals surface area contributed by atoms with E-state index >= 15 is 0 Å². The zero-order valence-corrected chi connectivity index (χ0v) is 17.4. The van der Waals surface area contributed by atoms with E-state index in [4.69, 9.17) is 4.74 Å². The van der Waals surface area contributed by atoms with Gasteiger partial charge in [-0.2, -0.15) is 0 Å². The van der Waals surface area contributed by atoms with Crippen LogP contribution in [0.4, 0.5) is 4.79 Å². The summed E-state index contributed by atoms with van der Waals surface area (Å²) in [5.41, 5.74) is 6.69. The third kappa shape index (κ3) is 4.61. The number of fused-ring (bicyclic) bond motifs is 3. The first-order valence-corrected chi connectivity index (χ1v) is 10.4. The molecular formula is C26H25NO4. The number of nitrogens with one attached hydrogen (secondary N) is 1. The van der Waals surface area contributed by atoms with E-state index in [1.165, 1.54) is 0 Å². The number of carbonyl (C=O) groups excluding carboxylic acids is 1. The van der Waals surface area contributed by atoms with Crippen LogP contribution in [0, 0.1) is 6.92 Å². The van der Waals surface area contributed by atoms with Gasteiger partial charge in [-0.25, -0.2) is 9.59 Å². The highest BCUT2D eigenvalue weighted by Crippen LogP contribution is 2.44. The summed E-state index contributed by atoms with van der Waals surface area (Å²) >= 11 is 0. The Morgan fingerprint density at radius 2 is 1.61 bits per heavy atom. The van der Waals surface area contributed by atoms with Crippen LogP contribution in [0.1, 0.15) is 34.6 Å². The standard InChI is InChI=1S/C26H25NO4/c1-17-7-6-8-18(15-17)13-14-24(25(28)29)27-26(30)31-16-23-21-11-4-2-9-19(21)20-10-3-5-12-22(20)23/h2-12,15,23-24H,13-14,16H2,1H3,(H,27,30)(H,28,29). The lowest BCUT2D eigenvalue weighted by Crippen LogP contribution is -2.41. The lowest BCUT2D eigenvalue weighted by atomic mass is 9.98. The van der Waals surface area contributed by atoms with Crippen molar-refractivity contribution in [3.05, 3.63) is 95.1 Å².